The smallest absolute Gasteiger partial charge is 0.0146 e. The van der Waals surface area contributed by atoms with Crippen LogP contribution in [0, 0.1) is 0 Å². The largest absolute Gasteiger partial charge is 0.0651 e. The molecule has 0 nitrogen and oxygen atoms in total. The van der Waals surface area contributed by atoms with E-state index in [1.165, 1.54) is 54.9 Å². The van der Waals surface area contributed by atoms with Gasteiger partial charge in [0.05, 0.1) is 0 Å². The highest BCUT2D eigenvalue weighted by atomic mass is 14.1. The fourth-order valence-corrected chi connectivity index (χ4v) is 2.97. The van der Waals surface area contributed by atoms with Crippen molar-refractivity contribution in [2.45, 2.75) is 59.3 Å². The summed E-state index contributed by atoms with van der Waals surface area (Å²) in [7, 11) is 0. The topological polar surface area (TPSA) is 0 Å². The summed E-state index contributed by atoms with van der Waals surface area (Å²) in [5.41, 5.74) is 4.64. The Morgan fingerprint density at radius 1 is 0.737 bits per heavy atom. The Morgan fingerprint density at radius 2 is 1.42 bits per heavy atom. The van der Waals surface area contributed by atoms with Crippen LogP contribution in [0.4, 0.5) is 0 Å². The molecule has 0 unspecified atom stereocenters. The minimum Gasteiger partial charge on any atom is -0.0651 e. The number of benzene rings is 2. The van der Waals surface area contributed by atoms with Gasteiger partial charge in [0, 0.05) is 0 Å². The number of rotatable bonds is 6. The van der Waals surface area contributed by atoms with Crippen molar-refractivity contribution in [2.75, 3.05) is 0 Å². The van der Waals surface area contributed by atoms with E-state index in [4.69, 9.17) is 0 Å². The Kier molecular flexibility index (Phi) is 5.01. The van der Waals surface area contributed by atoms with Crippen LogP contribution in [0.3, 0.4) is 0 Å². The molecule has 102 valence electrons. The highest BCUT2D eigenvalue weighted by Crippen LogP contribution is 2.26. The van der Waals surface area contributed by atoms with Crippen LogP contribution in [-0.2, 0) is 19.3 Å². The third-order valence-corrected chi connectivity index (χ3v) is 3.85. The van der Waals surface area contributed by atoms with Crippen molar-refractivity contribution in [1.82, 2.24) is 0 Å². The van der Waals surface area contributed by atoms with Gasteiger partial charge in [0.15, 0.2) is 0 Å². The minimum atomic E-state index is 1.19. The third kappa shape index (κ3) is 3.18. The standard InChI is InChI=1S/C19H26/c1-4-7-15-10-11-17-13-12-16(8-5-2)18(9-6-3)19(17)14-15/h10-14H,4-9H2,1-3H3. The van der Waals surface area contributed by atoms with Crippen LogP contribution < -0.4 is 0 Å². The van der Waals surface area contributed by atoms with Crippen molar-refractivity contribution in [2.24, 2.45) is 0 Å². The molecule has 0 aliphatic heterocycles. The summed E-state index contributed by atoms with van der Waals surface area (Å²) in [5.74, 6) is 0. The first-order valence-electron chi connectivity index (χ1n) is 7.83. The molecule has 0 amide bonds. The summed E-state index contributed by atoms with van der Waals surface area (Å²) >= 11 is 0. The maximum Gasteiger partial charge on any atom is -0.0146 e. The fourth-order valence-electron chi connectivity index (χ4n) is 2.97. The monoisotopic (exact) mass is 254 g/mol. The molecule has 0 aromatic heterocycles. The van der Waals surface area contributed by atoms with Gasteiger partial charge in [0.1, 0.15) is 0 Å². The van der Waals surface area contributed by atoms with Gasteiger partial charge < -0.3 is 0 Å². The van der Waals surface area contributed by atoms with E-state index in [2.05, 4.69) is 51.1 Å². The number of hydrogen-bond acceptors (Lipinski definition) is 0. The zero-order valence-electron chi connectivity index (χ0n) is 12.6. The van der Waals surface area contributed by atoms with Gasteiger partial charge in [0.2, 0.25) is 0 Å². The molecule has 0 fully saturated rings. The molecule has 2 aromatic rings. The second kappa shape index (κ2) is 6.75. The summed E-state index contributed by atoms with van der Waals surface area (Å²) in [5, 5.41) is 2.90. The molecule has 19 heavy (non-hydrogen) atoms. The van der Waals surface area contributed by atoms with Gasteiger partial charge in [-0.1, -0.05) is 70.4 Å². The Balaban J connectivity index is 2.56. The maximum absolute atomic E-state index is 2.43. The normalized spacial score (nSPS) is 11.1. The van der Waals surface area contributed by atoms with E-state index in [0.29, 0.717) is 0 Å². The van der Waals surface area contributed by atoms with E-state index in [-0.39, 0.29) is 0 Å². The Morgan fingerprint density at radius 3 is 2.11 bits per heavy atom. The van der Waals surface area contributed by atoms with E-state index in [9.17, 15) is 0 Å². The summed E-state index contributed by atoms with van der Waals surface area (Å²) in [6, 6.07) is 11.7. The summed E-state index contributed by atoms with van der Waals surface area (Å²) < 4.78 is 0. The Bertz CT molecular complexity index is 532. The molecule has 0 radical (unpaired) electrons. The van der Waals surface area contributed by atoms with Crippen molar-refractivity contribution in [3.8, 4) is 0 Å². The molecule has 0 N–H and O–H groups in total. The van der Waals surface area contributed by atoms with E-state index in [0.717, 1.165) is 0 Å². The first-order chi connectivity index (χ1) is 9.30. The van der Waals surface area contributed by atoms with Gasteiger partial charge in [-0.2, -0.15) is 0 Å². The molecular weight excluding hydrogens is 228 g/mol. The zero-order chi connectivity index (χ0) is 13.7. The molecule has 0 aliphatic carbocycles. The lowest BCUT2D eigenvalue weighted by Crippen LogP contribution is -1.96. The maximum atomic E-state index is 2.43. The van der Waals surface area contributed by atoms with E-state index < -0.39 is 0 Å². The van der Waals surface area contributed by atoms with Crippen LogP contribution in [0.5, 0.6) is 0 Å². The van der Waals surface area contributed by atoms with Gasteiger partial charge in [0.25, 0.3) is 0 Å². The summed E-state index contributed by atoms with van der Waals surface area (Å²) in [6.07, 6.45) is 7.30. The van der Waals surface area contributed by atoms with Gasteiger partial charge in [-0.05, 0) is 46.7 Å². The molecule has 0 aliphatic rings. The van der Waals surface area contributed by atoms with E-state index in [1.54, 1.807) is 11.1 Å². The van der Waals surface area contributed by atoms with Crippen molar-refractivity contribution >= 4 is 10.8 Å². The molecule has 0 heteroatoms. The Labute approximate surface area is 117 Å². The molecule has 0 atom stereocenters. The fraction of sp³-hybridized carbons (Fsp3) is 0.474. The van der Waals surface area contributed by atoms with E-state index in [1.807, 2.05) is 0 Å². The minimum absolute atomic E-state index is 1.19. The lowest BCUT2D eigenvalue weighted by atomic mass is 9.92. The molecule has 0 heterocycles. The highest BCUT2D eigenvalue weighted by molar-refractivity contribution is 5.87. The first-order valence-corrected chi connectivity index (χ1v) is 7.83. The van der Waals surface area contributed by atoms with Gasteiger partial charge in [-0.15, -0.1) is 0 Å². The lowest BCUT2D eigenvalue weighted by molar-refractivity contribution is 0.867. The SMILES string of the molecule is CCCc1ccc2ccc(CCC)c(CCC)c2c1. The predicted molar refractivity (Wildman–Crippen MR) is 85.9 cm³/mol. The van der Waals surface area contributed by atoms with Crippen LogP contribution in [0.1, 0.15) is 56.7 Å². The van der Waals surface area contributed by atoms with E-state index >= 15 is 0 Å². The summed E-state index contributed by atoms with van der Waals surface area (Å²) in [4.78, 5) is 0. The molecule has 0 spiro atoms. The number of fused-ring (bicyclic) bond motifs is 1. The van der Waals surface area contributed by atoms with Crippen LogP contribution in [0.15, 0.2) is 30.3 Å². The summed E-state index contributed by atoms with van der Waals surface area (Å²) in [6.45, 7) is 6.81. The number of hydrogen-bond donors (Lipinski definition) is 0. The van der Waals surface area contributed by atoms with Crippen LogP contribution in [0.25, 0.3) is 10.8 Å². The number of aryl methyl sites for hydroxylation is 3. The molecule has 2 aromatic carbocycles. The van der Waals surface area contributed by atoms with Crippen LogP contribution in [0.2, 0.25) is 0 Å². The molecule has 0 saturated carbocycles. The second-order valence-corrected chi connectivity index (χ2v) is 5.51. The Hall–Kier alpha value is -1.30. The van der Waals surface area contributed by atoms with Crippen molar-refractivity contribution < 1.29 is 0 Å². The van der Waals surface area contributed by atoms with Crippen LogP contribution in [-0.4, -0.2) is 0 Å². The lowest BCUT2D eigenvalue weighted by Gasteiger charge is -2.13. The molecular formula is C19H26. The second-order valence-electron chi connectivity index (χ2n) is 5.51. The van der Waals surface area contributed by atoms with Gasteiger partial charge in [-0.25, -0.2) is 0 Å². The quantitative estimate of drug-likeness (QED) is 0.620. The van der Waals surface area contributed by atoms with Crippen molar-refractivity contribution in [3.05, 3.63) is 47.0 Å². The first kappa shape index (κ1) is 14.1. The molecule has 0 bridgehead atoms. The van der Waals surface area contributed by atoms with Gasteiger partial charge in [-0.3, -0.25) is 0 Å². The predicted octanol–water partition coefficient (Wildman–Crippen LogP) is 5.70. The molecule has 0 saturated heterocycles. The van der Waals surface area contributed by atoms with Crippen LogP contribution >= 0.6 is 0 Å². The van der Waals surface area contributed by atoms with Gasteiger partial charge >= 0.3 is 0 Å². The zero-order valence-corrected chi connectivity index (χ0v) is 12.6. The molecule has 2 rings (SSSR count). The average Bonchev–Trinajstić information content (AvgIpc) is 2.42. The third-order valence-electron chi connectivity index (χ3n) is 3.85. The average molecular weight is 254 g/mol. The highest BCUT2D eigenvalue weighted by Gasteiger charge is 2.07. The van der Waals surface area contributed by atoms with Crippen molar-refractivity contribution in [1.29, 1.82) is 0 Å². The van der Waals surface area contributed by atoms with Crippen molar-refractivity contribution in [3.63, 3.8) is 0 Å².